The molecule has 0 radical (unpaired) electrons. The first-order valence-electron chi connectivity index (χ1n) is 7.87. The van der Waals surface area contributed by atoms with Gasteiger partial charge in [-0.1, -0.05) is 44.2 Å². The van der Waals surface area contributed by atoms with E-state index >= 15 is 0 Å². The predicted octanol–water partition coefficient (Wildman–Crippen LogP) is 5.33. The minimum absolute atomic E-state index is 0.158. The summed E-state index contributed by atoms with van der Waals surface area (Å²) < 4.78 is 37.9. The van der Waals surface area contributed by atoms with E-state index in [4.69, 9.17) is 0 Å². The van der Waals surface area contributed by atoms with Crippen LogP contribution in [0, 0.1) is 5.92 Å². The summed E-state index contributed by atoms with van der Waals surface area (Å²) in [5.41, 5.74) is 0.398. The maximum atomic E-state index is 12.6. The molecule has 21 heavy (non-hydrogen) atoms. The van der Waals surface area contributed by atoms with Crippen LogP contribution in [0.1, 0.15) is 62.1 Å². The smallest absolute Gasteiger partial charge is 0.313 e. The van der Waals surface area contributed by atoms with Gasteiger partial charge >= 0.3 is 6.18 Å². The van der Waals surface area contributed by atoms with Gasteiger partial charge in [-0.2, -0.15) is 13.2 Å². The fourth-order valence-electron chi connectivity index (χ4n) is 3.38. The highest BCUT2D eigenvalue weighted by Gasteiger charge is 2.30. The summed E-state index contributed by atoms with van der Waals surface area (Å²) in [5, 5.41) is 3.31. The molecule has 1 saturated carbocycles. The van der Waals surface area contributed by atoms with E-state index in [0.29, 0.717) is 5.92 Å². The molecule has 1 aromatic rings. The largest absolute Gasteiger partial charge is 0.416 e. The second kappa shape index (κ2) is 7.30. The number of benzene rings is 1. The van der Waals surface area contributed by atoms with Crippen molar-refractivity contribution in [1.29, 1.82) is 0 Å². The maximum absolute atomic E-state index is 12.6. The first-order chi connectivity index (χ1) is 10.0. The average Bonchev–Trinajstić information content (AvgIpc) is 2.41. The lowest BCUT2D eigenvalue weighted by Crippen LogP contribution is -2.26. The molecule has 1 aliphatic rings. The molecule has 2 rings (SSSR count). The molecule has 4 heteroatoms. The fraction of sp³-hybridized carbons (Fsp3) is 0.647. The van der Waals surface area contributed by atoms with Crippen molar-refractivity contribution in [2.45, 2.75) is 57.2 Å². The summed E-state index contributed by atoms with van der Waals surface area (Å²) in [6, 6.07) is 5.81. The molecule has 0 heterocycles. The number of hydrogen-bond acceptors (Lipinski definition) is 1. The summed E-state index contributed by atoms with van der Waals surface area (Å²) in [6.45, 7) is 0. The Morgan fingerprint density at radius 3 is 1.95 bits per heavy atom. The molecule has 0 spiro atoms. The van der Waals surface area contributed by atoms with Crippen LogP contribution < -0.4 is 5.32 Å². The Bertz CT molecular complexity index is 417. The van der Waals surface area contributed by atoms with Crippen LogP contribution >= 0.6 is 0 Å². The first-order valence-corrected chi connectivity index (χ1v) is 7.87. The quantitative estimate of drug-likeness (QED) is 0.795. The molecule has 1 unspecified atom stereocenters. The minimum atomic E-state index is -4.26. The molecule has 0 saturated heterocycles. The number of alkyl halides is 3. The van der Waals surface area contributed by atoms with Gasteiger partial charge in [-0.15, -0.1) is 0 Å². The van der Waals surface area contributed by atoms with Crippen LogP contribution in [-0.2, 0) is 6.18 Å². The highest BCUT2D eigenvalue weighted by atomic mass is 19.4. The number of rotatable bonds is 3. The van der Waals surface area contributed by atoms with Crippen LogP contribution in [-0.4, -0.2) is 7.05 Å². The molecule has 1 N–H and O–H groups in total. The van der Waals surface area contributed by atoms with Gasteiger partial charge in [-0.25, -0.2) is 0 Å². The van der Waals surface area contributed by atoms with E-state index in [2.05, 4.69) is 5.32 Å². The Labute approximate surface area is 124 Å². The summed E-state index contributed by atoms with van der Waals surface area (Å²) in [5.74, 6) is 0.520. The van der Waals surface area contributed by atoms with E-state index in [1.807, 2.05) is 7.05 Å². The maximum Gasteiger partial charge on any atom is 0.416 e. The average molecular weight is 299 g/mol. The summed E-state index contributed by atoms with van der Waals surface area (Å²) in [4.78, 5) is 0. The Balaban J connectivity index is 2.12. The predicted molar refractivity (Wildman–Crippen MR) is 79.1 cm³/mol. The molecule has 0 aromatic heterocycles. The van der Waals surface area contributed by atoms with Crippen molar-refractivity contribution < 1.29 is 13.2 Å². The van der Waals surface area contributed by atoms with Crippen LogP contribution in [0.3, 0.4) is 0 Å². The lowest BCUT2D eigenvalue weighted by molar-refractivity contribution is -0.137. The second-order valence-electron chi connectivity index (χ2n) is 5.99. The highest BCUT2D eigenvalue weighted by molar-refractivity contribution is 5.27. The molecular weight excluding hydrogens is 275 g/mol. The van der Waals surface area contributed by atoms with Crippen molar-refractivity contribution in [1.82, 2.24) is 5.32 Å². The van der Waals surface area contributed by atoms with Crippen molar-refractivity contribution in [3.8, 4) is 0 Å². The first kappa shape index (κ1) is 16.3. The SMILES string of the molecule is CNC(c1ccc(C(F)(F)F)cc1)C1CCCCCCC1. The Morgan fingerprint density at radius 2 is 1.48 bits per heavy atom. The monoisotopic (exact) mass is 299 g/mol. The molecule has 1 atom stereocenters. The van der Waals surface area contributed by atoms with Crippen LogP contribution in [0.5, 0.6) is 0 Å². The van der Waals surface area contributed by atoms with Gasteiger partial charge in [0.15, 0.2) is 0 Å². The third-order valence-electron chi connectivity index (χ3n) is 4.53. The van der Waals surface area contributed by atoms with Crippen LogP contribution in [0.25, 0.3) is 0 Å². The van der Waals surface area contributed by atoms with Crippen molar-refractivity contribution in [2.24, 2.45) is 5.92 Å². The van der Waals surface area contributed by atoms with E-state index in [0.717, 1.165) is 18.4 Å². The van der Waals surface area contributed by atoms with Crippen molar-refractivity contribution in [2.75, 3.05) is 7.05 Å². The van der Waals surface area contributed by atoms with Crippen LogP contribution in [0.2, 0.25) is 0 Å². The number of hydrogen-bond donors (Lipinski definition) is 1. The zero-order valence-electron chi connectivity index (χ0n) is 12.5. The van der Waals surface area contributed by atoms with Gasteiger partial charge in [0.2, 0.25) is 0 Å². The summed E-state index contributed by atoms with van der Waals surface area (Å²) in [6.07, 6.45) is 4.39. The van der Waals surface area contributed by atoms with Gasteiger partial charge in [0.05, 0.1) is 5.56 Å². The summed E-state index contributed by atoms with van der Waals surface area (Å²) in [7, 11) is 1.90. The molecule has 1 aliphatic carbocycles. The topological polar surface area (TPSA) is 12.0 Å². The normalized spacial score (nSPS) is 19.8. The van der Waals surface area contributed by atoms with Gasteiger partial charge in [-0.3, -0.25) is 0 Å². The van der Waals surface area contributed by atoms with Crippen LogP contribution in [0.4, 0.5) is 13.2 Å². The molecule has 0 aliphatic heterocycles. The lowest BCUT2D eigenvalue weighted by Gasteiger charge is -2.29. The Kier molecular flexibility index (Phi) is 5.68. The standard InChI is InChI=1S/C17H24F3N/c1-21-16(13-7-5-3-2-4-6-8-13)14-9-11-15(12-10-14)17(18,19)20/h9-13,16,21H,2-8H2,1H3. The van der Waals surface area contributed by atoms with E-state index in [9.17, 15) is 13.2 Å². The third-order valence-corrected chi connectivity index (χ3v) is 4.53. The summed E-state index contributed by atoms with van der Waals surface area (Å²) >= 11 is 0. The van der Waals surface area contributed by atoms with E-state index in [1.165, 1.54) is 44.2 Å². The molecule has 118 valence electrons. The van der Waals surface area contributed by atoms with Gasteiger partial charge in [-0.05, 0) is 43.5 Å². The number of nitrogens with one attached hydrogen (secondary N) is 1. The van der Waals surface area contributed by atoms with Gasteiger partial charge in [0.25, 0.3) is 0 Å². The Morgan fingerprint density at radius 1 is 0.952 bits per heavy atom. The molecule has 1 nitrogen and oxygen atoms in total. The zero-order valence-corrected chi connectivity index (χ0v) is 12.5. The Hall–Kier alpha value is -1.03. The van der Waals surface area contributed by atoms with E-state index < -0.39 is 11.7 Å². The molecule has 0 amide bonds. The second-order valence-corrected chi connectivity index (χ2v) is 5.99. The molecule has 0 bridgehead atoms. The van der Waals surface area contributed by atoms with Gasteiger partial charge < -0.3 is 5.32 Å². The van der Waals surface area contributed by atoms with E-state index in [-0.39, 0.29) is 6.04 Å². The van der Waals surface area contributed by atoms with Gasteiger partial charge in [0.1, 0.15) is 0 Å². The van der Waals surface area contributed by atoms with Crippen molar-refractivity contribution in [3.63, 3.8) is 0 Å². The highest BCUT2D eigenvalue weighted by Crippen LogP contribution is 2.34. The fourth-order valence-corrected chi connectivity index (χ4v) is 3.38. The third kappa shape index (κ3) is 4.47. The zero-order chi connectivity index (χ0) is 15.3. The van der Waals surface area contributed by atoms with E-state index in [1.54, 1.807) is 12.1 Å². The van der Waals surface area contributed by atoms with Gasteiger partial charge in [0, 0.05) is 6.04 Å². The van der Waals surface area contributed by atoms with Crippen molar-refractivity contribution in [3.05, 3.63) is 35.4 Å². The molecular formula is C17H24F3N. The molecule has 1 aromatic carbocycles. The van der Waals surface area contributed by atoms with Crippen LogP contribution in [0.15, 0.2) is 24.3 Å². The number of halogens is 3. The van der Waals surface area contributed by atoms with Crippen molar-refractivity contribution >= 4 is 0 Å². The lowest BCUT2D eigenvalue weighted by atomic mass is 9.83. The minimum Gasteiger partial charge on any atom is -0.313 e. The molecule has 1 fully saturated rings.